The Labute approximate surface area is 121 Å². The Morgan fingerprint density at radius 3 is 2.55 bits per heavy atom. The van der Waals surface area contributed by atoms with Crippen molar-refractivity contribution in [1.29, 1.82) is 0 Å². The molecule has 112 valence electrons. The molecule has 5 nitrogen and oxygen atoms in total. The van der Waals surface area contributed by atoms with Gasteiger partial charge in [0.2, 0.25) is 0 Å². The molecule has 0 radical (unpaired) electrons. The van der Waals surface area contributed by atoms with Crippen molar-refractivity contribution in [1.82, 2.24) is 9.97 Å². The van der Waals surface area contributed by atoms with E-state index in [-0.39, 0.29) is 11.0 Å². The second-order valence-corrected chi connectivity index (χ2v) is 6.95. The van der Waals surface area contributed by atoms with Crippen molar-refractivity contribution in [3.63, 3.8) is 0 Å². The first-order valence-electron chi connectivity index (χ1n) is 7.17. The third-order valence-corrected chi connectivity index (χ3v) is 3.56. The van der Waals surface area contributed by atoms with Crippen LogP contribution in [0.15, 0.2) is 6.07 Å². The molecule has 0 aromatic carbocycles. The maximum absolute atomic E-state index is 5.59. The van der Waals surface area contributed by atoms with Gasteiger partial charge in [0.05, 0.1) is 18.8 Å². The molecule has 0 saturated carbocycles. The zero-order valence-electron chi connectivity index (χ0n) is 13.4. The molecule has 1 fully saturated rings. The summed E-state index contributed by atoms with van der Waals surface area (Å²) >= 11 is 0. The van der Waals surface area contributed by atoms with Gasteiger partial charge in [-0.3, -0.25) is 0 Å². The van der Waals surface area contributed by atoms with E-state index in [1.165, 1.54) is 0 Å². The molecule has 0 unspecified atom stereocenters. The monoisotopic (exact) mass is 278 g/mol. The standard InChI is InChI=1S/C15H26N4O/c1-14(2,3)13-17-11(16-6)9-12(18-13)19-7-8-20-10-15(19,4)5/h9H,7-8,10H2,1-6H3,(H,16,17,18). The van der Waals surface area contributed by atoms with Gasteiger partial charge >= 0.3 is 0 Å². The first kappa shape index (κ1) is 15.0. The number of aromatic nitrogens is 2. The first-order valence-corrected chi connectivity index (χ1v) is 7.17. The third kappa shape index (κ3) is 3.03. The largest absolute Gasteiger partial charge is 0.377 e. The molecule has 0 amide bonds. The number of nitrogens with one attached hydrogen (secondary N) is 1. The van der Waals surface area contributed by atoms with Gasteiger partial charge in [-0.25, -0.2) is 9.97 Å². The van der Waals surface area contributed by atoms with E-state index in [4.69, 9.17) is 9.72 Å². The Morgan fingerprint density at radius 2 is 2.00 bits per heavy atom. The van der Waals surface area contributed by atoms with E-state index in [9.17, 15) is 0 Å². The van der Waals surface area contributed by atoms with E-state index >= 15 is 0 Å². The Balaban J connectivity index is 2.45. The number of hydrogen-bond donors (Lipinski definition) is 1. The quantitative estimate of drug-likeness (QED) is 0.900. The van der Waals surface area contributed by atoms with Gasteiger partial charge in [-0.15, -0.1) is 0 Å². The zero-order chi connectivity index (χ0) is 15.0. The fourth-order valence-corrected chi connectivity index (χ4v) is 2.32. The van der Waals surface area contributed by atoms with Crippen LogP contribution in [0.4, 0.5) is 11.6 Å². The highest BCUT2D eigenvalue weighted by atomic mass is 16.5. The fraction of sp³-hybridized carbons (Fsp3) is 0.733. The van der Waals surface area contributed by atoms with Gasteiger partial charge < -0.3 is 15.0 Å². The average molecular weight is 278 g/mol. The summed E-state index contributed by atoms with van der Waals surface area (Å²) in [6, 6.07) is 2.02. The summed E-state index contributed by atoms with van der Waals surface area (Å²) in [6.07, 6.45) is 0. The van der Waals surface area contributed by atoms with Crippen LogP contribution < -0.4 is 10.2 Å². The Morgan fingerprint density at radius 1 is 1.30 bits per heavy atom. The van der Waals surface area contributed by atoms with E-state index in [1.54, 1.807) is 0 Å². The molecule has 0 atom stereocenters. The normalized spacial score (nSPS) is 19.0. The molecule has 1 aliphatic heterocycles. The molecule has 20 heavy (non-hydrogen) atoms. The lowest BCUT2D eigenvalue weighted by Gasteiger charge is -2.43. The van der Waals surface area contributed by atoms with Crippen LogP contribution in [0.25, 0.3) is 0 Å². The summed E-state index contributed by atoms with van der Waals surface area (Å²) in [7, 11) is 1.89. The van der Waals surface area contributed by atoms with Crippen molar-refractivity contribution in [2.45, 2.75) is 45.6 Å². The summed E-state index contributed by atoms with van der Waals surface area (Å²) in [4.78, 5) is 11.7. The number of nitrogens with zero attached hydrogens (tertiary/aromatic N) is 3. The number of anilines is 2. The molecule has 1 aromatic heterocycles. The molecule has 0 bridgehead atoms. The Bertz CT molecular complexity index is 479. The number of hydrogen-bond acceptors (Lipinski definition) is 5. The molecule has 0 aliphatic carbocycles. The minimum absolute atomic E-state index is 0.0488. The number of morpholine rings is 1. The van der Waals surface area contributed by atoms with Crippen molar-refractivity contribution in [2.24, 2.45) is 0 Å². The summed E-state index contributed by atoms with van der Waals surface area (Å²) < 4.78 is 5.59. The highest BCUT2D eigenvalue weighted by Crippen LogP contribution is 2.29. The lowest BCUT2D eigenvalue weighted by molar-refractivity contribution is 0.0638. The van der Waals surface area contributed by atoms with E-state index < -0.39 is 0 Å². The minimum Gasteiger partial charge on any atom is -0.377 e. The van der Waals surface area contributed by atoms with Crippen LogP contribution in [0, 0.1) is 0 Å². The molecule has 1 saturated heterocycles. The van der Waals surface area contributed by atoms with Crippen LogP contribution in [-0.4, -0.2) is 42.3 Å². The zero-order valence-corrected chi connectivity index (χ0v) is 13.4. The van der Waals surface area contributed by atoms with Crippen molar-refractivity contribution in [3.05, 3.63) is 11.9 Å². The molecule has 2 heterocycles. The summed E-state index contributed by atoms with van der Waals surface area (Å²) in [5, 5.41) is 3.14. The van der Waals surface area contributed by atoms with E-state index in [0.29, 0.717) is 0 Å². The van der Waals surface area contributed by atoms with Crippen LogP contribution in [0.5, 0.6) is 0 Å². The smallest absolute Gasteiger partial charge is 0.138 e. The van der Waals surface area contributed by atoms with Gasteiger partial charge in [0.15, 0.2) is 0 Å². The van der Waals surface area contributed by atoms with Crippen LogP contribution in [-0.2, 0) is 10.2 Å². The van der Waals surface area contributed by atoms with Gasteiger partial charge in [-0.1, -0.05) is 20.8 Å². The molecular formula is C15H26N4O. The lowest BCUT2D eigenvalue weighted by Crippen LogP contribution is -2.53. The van der Waals surface area contributed by atoms with Crippen LogP contribution in [0.3, 0.4) is 0 Å². The number of ether oxygens (including phenoxy) is 1. The van der Waals surface area contributed by atoms with Gasteiger partial charge in [0, 0.05) is 25.1 Å². The minimum atomic E-state index is -0.0714. The molecule has 1 N–H and O–H groups in total. The average Bonchev–Trinajstić information content (AvgIpc) is 2.36. The van der Waals surface area contributed by atoms with Crippen LogP contribution in [0.2, 0.25) is 0 Å². The summed E-state index contributed by atoms with van der Waals surface area (Å²) in [5.41, 5.74) is -0.120. The van der Waals surface area contributed by atoms with Gasteiger partial charge in [-0.05, 0) is 13.8 Å². The van der Waals surface area contributed by atoms with Crippen molar-refractivity contribution < 1.29 is 4.74 Å². The van der Waals surface area contributed by atoms with E-state index in [1.807, 2.05) is 13.1 Å². The van der Waals surface area contributed by atoms with Gasteiger partial charge in [0.25, 0.3) is 0 Å². The van der Waals surface area contributed by atoms with Crippen molar-refractivity contribution in [3.8, 4) is 0 Å². The van der Waals surface area contributed by atoms with Crippen LogP contribution >= 0.6 is 0 Å². The lowest BCUT2D eigenvalue weighted by atomic mass is 9.95. The second kappa shape index (κ2) is 5.20. The highest BCUT2D eigenvalue weighted by molar-refractivity contribution is 5.51. The molecule has 1 aromatic rings. The van der Waals surface area contributed by atoms with E-state index in [2.05, 4.69) is 49.8 Å². The second-order valence-electron chi connectivity index (χ2n) is 6.95. The van der Waals surface area contributed by atoms with Crippen molar-refractivity contribution >= 4 is 11.6 Å². The first-order chi connectivity index (χ1) is 9.24. The fourth-order valence-electron chi connectivity index (χ4n) is 2.32. The molecular weight excluding hydrogens is 252 g/mol. The predicted molar refractivity (Wildman–Crippen MR) is 82.5 cm³/mol. The predicted octanol–water partition coefficient (Wildman–Crippen LogP) is 2.43. The van der Waals surface area contributed by atoms with Crippen LogP contribution in [0.1, 0.15) is 40.4 Å². The summed E-state index contributed by atoms with van der Waals surface area (Å²) in [5.74, 6) is 2.70. The van der Waals surface area contributed by atoms with E-state index in [0.717, 1.165) is 37.2 Å². The third-order valence-electron chi connectivity index (χ3n) is 3.56. The van der Waals surface area contributed by atoms with Gasteiger partial charge in [0.1, 0.15) is 17.5 Å². The topological polar surface area (TPSA) is 50.3 Å². The van der Waals surface area contributed by atoms with Crippen molar-refractivity contribution in [2.75, 3.05) is 37.0 Å². The number of rotatable bonds is 2. The summed E-state index contributed by atoms with van der Waals surface area (Å²) in [6.45, 7) is 13.1. The molecule has 5 heteroatoms. The molecule has 0 spiro atoms. The SMILES string of the molecule is CNc1cc(N2CCOCC2(C)C)nc(C(C)(C)C)n1. The Kier molecular flexibility index (Phi) is 3.91. The highest BCUT2D eigenvalue weighted by Gasteiger charge is 2.32. The maximum atomic E-state index is 5.59. The maximum Gasteiger partial charge on any atom is 0.138 e. The molecule has 1 aliphatic rings. The molecule has 2 rings (SSSR count). The Hall–Kier alpha value is -1.36. The van der Waals surface area contributed by atoms with Gasteiger partial charge in [-0.2, -0.15) is 0 Å².